The Morgan fingerprint density at radius 3 is 2.72 bits per heavy atom. The fourth-order valence-corrected chi connectivity index (χ4v) is 2.38. The number of halogens is 1. The molecule has 0 atom stereocenters. The fraction of sp³-hybridized carbons (Fsp3) is 0.333. The SMILES string of the molecule is CCCNS(=O)(=O)c1ccc(C#CCN)c(F)c1. The lowest BCUT2D eigenvalue weighted by Gasteiger charge is -2.06. The third-order valence-corrected chi connectivity index (χ3v) is 3.58. The maximum absolute atomic E-state index is 13.6. The average Bonchev–Trinajstić information content (AvgIpc) is 2.35. The predicted molar refractivity (Wildman–Crippen MR) is 67.8 cm³/mol. The zero-order valence-corrected chi connectivity index (χ0v) is 10.8. The first kappa shape index (κ1) is 14.6. The second kappa shape index (κ2) is 6.50. The first-order valence-corrected chi connectivity index (χ1v) is 6.97. The van der Waals surface area contributed by atoms with Gasteiger partial charge in [-0.1, -0.05) is 18.8 Å². The molecule has 98 valence electrons. The molecule has 0 aliphatic rings. The number of hydrogen-bond donors (Lipinski definition) is 2. The summed E-state index contributed by atoms with van der Waals surface area (Å²) in [6, 6.07) is 3.61. The molecule has 1 rings (SSSR count). The third kappa shape index (κ3) is 3.81. The molecule has 0 bridgehead atoms. The van der Waals surface area contributed by atoms with Crippen LogP contribution in [0.5, 0.6) is 0 Å². The number of rotatable bonds is 4. The van der Waals surface area contributed by atoms with Crippen LogP contribution >= 0.6 is 0 Å². The van der Waals surface area contributed by atoms with E-state index in [1.165, 1.54) is 12.1 Å². The van der Waals surface area contributed by atoms with Gasteiger partial charge in [-0.15, -0.1) is 0 Å². The zero-order chi connectivity index (χ0) is 13.6. The van der Waals surface area contributed by atoms with Gasteiger partial charge in [0, 0.05) is 6.54 Å². The number of benzene rings is 1. The van der Waals surface area contributed by atoms with E-state index in [9.17, 15) is 12.8 Å². The largest absolute Gasteiger partial charge is 0.320 e. The molecule has 0 fully saturated rings. The van der Waals surface area contributed by atoms with Crippen molar-refractivity contribution in [2.24, 2.45) is 5.73 Å². The van der Waals surface area contributed by atoms with Gasteiger partial charge in [-0.25, -0.2) is 17.5 Å². The number of hydrogen-bond acceptors (Lipinski definition) is 3. The van der Waals surface area contributed by atoms with Crippen LogP contribution in [0, 0.1) is 17.7 Å². The summed E-state index contributed by atoms with van der Waals surface area (Å²) >= 11 is 0. The molecule has 4 nitrogen and oxygen atoms in total. The molecule has 6 heteroatoms. The minimum atomic E-state index is -3.65. The molecule has 0 saturated heterocycles. The molecule has 0 aromatic heterocycles. The lowest BCUT2D eigenvalue weighted by Crippen LogP contribution is -2.24. The molecule has 0 radical (unpaired) electrons. The monoisotopic (exact) mass is 270 g/mol. The van der Waals surface area contributed by atoms with Gasteiger partial charge in [0.25, 0.3) is 0 Å². The van der Waals surface area contributed by atoms with E-state index in [2.05, 4.69) is 16.6 Å². The second-order valence-electron chi connectivity index (χ2n) is 3.55. The minimum absolute atomic E-state index is 0.105. The van der Waals surface area contributed by atoms with Gasteiger partial charge in [-0.2, -0.15) is 0 Å². The number of nitrogens with one attached hydrogen (secondary N) is 1. The molecule has 1 aromatic rings. The summed E-state index contributed by atoms with van der Waals surface area (Å²) in [5.74, 6) is 4.37. The normalized spacial score (nSPS) is 10.8. The lowest BCUT2D eigenvalue weighted by molar-refractivity contribution is 0.576. The van der Waals surface area contributed by atoms with E-state index in [4.69, 9.17) is 5.73 Å². The van der Waals surface area contributed by atoms with Crippen molar-refractivity contribution in [3.05, 3.63) is 29.6 Å². The lowest BCUT2D eigenvalue weighted by atomic mass is 10.2. The predicted octanol–water partition coefficient (Wildman–Crippen LogP) is 0.824. The third-order valence-electron chi connectivity index (χ3n) is 2.12. The van der Waals surface area contributed by atoms with Crippen LogP contribution in [-0.2, 0) is 10.0 Å². The van der Waals surface area contributed by atoms with Crippen molar-refractivity contribution in [1.82, 2.24) is 4.72 Å². The van der Waals surface area contributed by atoms with Gasteiger partial charge in [0.2, 0.25) is 10.0 Å². The van der Waals surface area contributed by atoms with E-state index in [0.717, 1.165) is 6.07 Å². The Morgan fingerprint density at radius 2 is 2.17 bits per heavy atom. The van der Waals surface area contributed by atoms with Crippen molar-refractivity contribution < 1.29 is 12.8 Å². The van der Waals surface area contributed by atoms with Crippen molar-refractivity contribution in [3.8, 4) is 11.8 Å². The minimum Gasteiger partial charge on any atom is -0.320 e. The molecule has 18 heavy (non-hydrogen) atoms. The topological polar surface area (TPSA) is 72.2 Å². The molecule has 3 N–H and O–H groups in total. The second-order valence-corrected chi connectivity index (χ2v) is 5.31. The van der Waals surface area contributed by atoms with Gasteiger partial charge in [0.15, 0.2) is 0 Å². The summed E-state index contributed by atoms with van der Waals surface area (Å²) in [5, 5.41) is 0. The summed E-state index contributed by atoms with van der Waals surface area (Å²) in [4.78, 5) is -0.105. The highest BCUT2D eigenvalue weighted by molar-refractivity contribution is 7.89. The first-order chi connectivity index (χ1) is 8.51. The molecule has 0 saturated carbocycles. The molecule has 0 unspecified atom stereocenters. The van der Waals surface area contributed by atoms with Crippen molar-refractivity contribution >= 4 is 10.0 Å². The van der Waals surface area contributed by atoms with Crippen molar-refractivity contribution in [3.63, 3.8) is 0 Å². The van der Waals surface area contributed by atoms with Crippen LogP contribution < -0.4 is 10.5 Å². The summed E-state index contributed by atoms with van der Waals surface area (Å²) in [6.45, 7) is 2.28. The highest BCUT2D eigenvalue weighted by Gasteiger charge is 2.14. The van der Waals surface area contributed by atoms with E-state index in [1.807, 2.05) is 6.92 Å². The molecule has 0 heterocycles. The van der Waals surface area contributed by atoms with Gasteiger partial charge in [0.05, 0.1) is 17.0 Å². The Bertz CT molecular complexity index is 573. The van der Waals surface area contributed by atoms with Crippen LogP contribution in [0.15, 0.2) is 23.1 Å². The van der Waals surface area contributed by atoms with E-state index in [0.29, 0.717) is 13.0 Å². The van der Waals surface area contributed by atoms with E-state index < -0.39 is 15.8 Å². The maximum Gasteiger partial charge on any atom is 0.240 e. The smallest absolute Gasteiger partial charge is 0.240 e. The van der Waals surface area contributed by atoms with Gasteiger partial charge in [-0.3, -0.25) is 0 Å². The first-order valence-electron chi connectivity index (χ1n) is 5.49. The highest BCUT2D eigenvalue weighted by Crippen LogP contribution is 2.14. The van der Waals surface area contributed by atoms with Crippen LogP contribution in [0.1, 0.15) is 18.9 Å². The Hall–Kier alpha value is -1.42. The number of nitrogens with two attached hydrogens (primary N) is 1. The van der Waals surface area contributed by atoms with Gasteiger partial charge in [-0.05, 0) is 24.6 Å². The van der Waals surface area contributed by atoms with E-state index in [1.54, 1.807) is 0 Å². The number of sulfonamides is 1. The van der Waals surface area contributed by atoms with E-state index >= 15 is 0 Å². The Labute approximate surface area is 106 Å². The summed E-state index contributed by atoms with van der Waals surface area (Å²) in [7, 11) is -3.65. The molecule has 0 amide bonds. The van der Waals surface area contributed by atoms with Gasteiger partial charge >= 0.3 is 0 Å². The Balaban J connectivity index is 3.04. The van der Waals surface area contributed by atoms with E-state index in [-0.39, 0.29) is 17.0 Å². The Morgan fingerprint density at radius 1 is 1.44 bits per heavy atom. The quantitative estimate of drug-likeness (QED) is 0.796. The standard InChI is InChI=1S/C12H15FN2O2S/c1-2-8-15-18(16,17)11-6-5-10(4-3-7-14)12(13)9-11/h5-6,9,15H,2,7-8,14H2,1H3. The van der Waals surface area contributed by atoms with Gasteiger partial charge in [0.1, 0.15) is 5.82 Å². The molecule has 0 aliphatic carbocycles. The molecular weight excluding hydrogens is 255 g/mol. The van der Waals surface area contributed by atoms with Crippen molar-refractivity contribution in [2.75, 3.05) is 13.1 Å². The van der Waals surface area contributed by atoms with Crippen molar-refractivity contribution in [2.45, 2.75) is 18.2 Å². The van der Waals surface area contributed by atoms with Gasteiger partial charge < -0.3 is 5.73 Å². The van der Waals surface area contributed by atoms with Crippen LogP contribution in [0.2, 0.25) is 0 Å². The fourth-order valence-electron chi connectivity index (χ4n) is 1.23. The van der Waals surface area contributed by atoms with Crippen molar-refractivity contribution in [1.29, 1.82) is 0 Å². The Kier molecular flexibility index (Phi) is 5.28. The molecule has 0 aliphatic heterocycles. The molecular formula is C12H15FN2O2S. The average molecular weight is 270 g/mol. The highest BCUT2D eigenvalue weighted by atomic mass is 32.2. The molecule has 0 spiro atoms. The maximum atomic E-state index is 13.6. The summed E-state index contributed by atoms with van der Waals surface area (Å²) < 4.78 is 39.4. The molecule has 1 aromatic carbocycles. The van der Waals surface area contributed by atoms with Crippen LogP contribution in [-0.4, -0.2) is 21.5 Å². The van der Waals surface area contributed by atoms with Crippen LogP contribution in [0.3, 0.4) is 0 Å². The zero-order valence-electron chi connectivity index (χ0n) is 10.0. The van der Waals surface area contributed by atoms with Crippen LogP contribution in [0.25, 0.3) is 0 Å². The summed E-state index contributed by atoms with van der Waals surface area (Å²) in [6.07, 6.45) is 0.668. The van der Waals surface area contributed by atoms with Crippen LogP contribution in [0.4, 0.5) is 4.39 Å². The summed E-state index contributed by atoms with van der Waals surface area (Å²) in [5.41, 5.74) is 5.31.